The van der Waals surface area contributed by atoms with Crippen molar-refractivity contribution in [2.75, 3.05) is 0 Å². The summed E-state index contributed by atoms with van der Waals surface area (Å²) in [5.41, 5.74) is 6.91. The summed E-state index contributed by atoms with van der Waals surface area (Å²) in [7, 11) is 0. The summed E-state index contributed by atoms with van der Waals surface area (Å²) < 4.78 is 28.0. The molecule has 2 rings (SSSR count). The molecule has 0 bridgehead atoms. The van der Waals surface area contributed by atoms with Crippen LogP contribution in [0.25, 0.3) is 0 Å². The van der Waals surface area contributed by atoms with Gasteiger partial charge in [-0.15, -0.1) is 0 Å². The van der Waals surface area contributed by atoms with Crippen LogP contribution in [0, 0.1) is 5.92 Å². The molecule has 1 aromatic rings. The molecule has 3 heteroatoms. The van der Waals surface area contributed by atoms with E-state index in [1.54, 1.807) is 12.1 Å². The molecule has 0 radical (unpaired) electrons. The first-order valence-electron chi connectivity index (χ1n) is 6.62. The highest BCUT2D eigenvalue weighted by atomic mass is 19.3. The highest BCUT2D eigenvalue weighted by Gasteiger charge is 2.34. The van der Waals surface area contributed by atoms with E-state index < -0.39 is 5.92 Å². The van der Waals surface area contributed by atoms with Crippen LogP contribution >= 0.6 is 0 Å². The molecule has 1 aliphatic carbocycles. The number of alkyl halides is 2. The van der Waals surface area contributed by atoms with E-state index in [1.165, 1.54) is 6.07 Å². The van der Waals surface area contributed by atoms with Crippen LogP contribution in [0.2, 0.25) is 0 Å². The molecule has 0 aliphatic heterocycles. The van der Waals surface area contributed by atoms with E-state index in [0.717, 1.165) is 18.4 Å². The largest absolute Gasteiger partial charge is 0.328 e. The Kier molecular flexibility index (Phi) is 3.71. The van der Waals surface area contributed by atoms with Crippen LogP contribution in [0.15, 0.2) is 24.3 Å². The lowest BCUT2D eigenvalue weighted by molar-refractivity contribution is -0.0250. The summed E-state index contributed by atoms with van der Waals surface area (Å²) >= 11 is 0. The van der Waals surface area contributed by atoms with E-state index >= 15 is 0 Å². The third-order valence-corrected chi connectivity index (χ3v) is 3.62. The van der Waals surface area contributed by atoms with Crippen molar-refractivity contribution < 1.29 is 8.78 Å². The summed E-state index contributed by atoms with van der Waals surface area (Å²) in [6.07, 6.45) is 1.74. The van der Waals surface area contributed by atoms with Crippen molar-refractivity contribution >= 4 is 0 Å². The summed E-state index contributed by atoms with van der Waals surface area (Å²) in [4.78, 5) is 0. The highest BCUT2D eigenvalue weighted by Crippen LogP contribution is 2.39. The van der Waals surface area contributed by atoms with Crippen molar-refractivity contribution in [3.05, 3.63) is 35.4 Å². The molecule has 0 aromatic heterocycles. The van der Waals surface area contributed by atoms with Crippen molar-refractivity contribution in [1.82, 2.24) is 0 Å². The Bertz CT molecular complexity index is 409. The quantitative estimate of drug-likeness (QED) is 0.861. The first-order valence-corrected chi connectivity index (χ1v) is 6.62. The second kappa shape index (κ2) is 4.96. The molecule has 1 nitrogen and oxygen atoms in total. The van der Waals surface area contributed by atoms with E-state index in [4.69, 9.17) is 5.73 Å². The maximum atomic E-state index is 14.0. The number of hydrogen-bond donors (Lipinski definition) is 1. The van der Waals surface area contributed by atoms with Gasteiger partial charge in [0.2, 0.25) is 0 Å². The van der Waals surface area contributed by atoms with Crippen LogP contribution < -0.4 is 5.73 Å². The monoisotopic (exact) mass is 253 g/mol. The molecular formula is C15H21F2N. The molecule has 0 heterocycles. The second-order valence-electron chi connectivity index (χ2n) is 5.86. The molecule has 1 fully saturated rings. The molecule has 1 aliphatic rings. The Labute approximate surface area is 107 Å². The van der Waals surface area contributed by atoms with Crippen LogP contribution in [-0.4, -0.2) is 6.04 Å². The molecule has 2 N–H and O–H groups in total. The summed E-state index contributed by atoms with van der Waals surface area (Å²) in [5.74, 6) is -2.37. The SMILES string of the molecule is CC(C)CC(F)(F)c1cccc(C2CC(N)C2)c1. The molecule has 0 saturated heterocycles. The van der Waals surface area contributed by atoms with Crippen molar-refractivity contribution in [3.63, 3.8) is 0 Å². The molecule has 0 unspecified atom stereocenters. The van der Waals surface area contributed by atoms with Crippen molar-refractivity contribution in [1.29, 1.82) is 0 Å². The molecular weight excluding hydrogens is 232 g/mol. The van der Waals surface area contributed by atoms with Crippen LogP contribution in [-0.2, 0) is 5.92 Å². The average Bonchev–Trinajstić information content (AvgIpc) is 2.23. The lowest BCUT2D eigenvalue weighted by Gasteiger charge is -2.33. The van der Waals surface area contributed by atoms with Crippen molar-refractivity contribution in [3.8, 4) is 0 Å². The maximum Gasteiger partial charge on any atom is 0.273 e. The second-order valence-corrected chi connectivity index (χ2v) is 5.86. The summed E-state index contributed by atoms with van der Waals surface area (Å²) in [6, 6.07) is 7.12. The maximum absolute atomic E-state index is 14.0. The number of hydrogen-bond acceptors (Lipinski definition) is 1. The van der Waals surface area contributed by atoms with Gasteiger partial charge in [-0.3, -0.25) is 0 Å². The van der Waals surface area contributed by atoms with Crippen LogP contribution in [0.1, 0.15) is 50.2 Å². The average molecular weight is 253 g/mol. The molecule has 0 spiro atoms. The van der Waals surface area contributed by atoms with Crippen LogP contribution in [0.5, 0.6) is 0 Å². The minimum Gasteiger partial charge on any atom is -0.328 e. The minimum atomic E-state index is -2.73. The van der Waals surface area contributed by atoms with Gasteiger partial charge < -0.3 is 5.73 Å². The van der Waals surface area contributed by atoms with E-state index in [-0.39, 0.29) is 23.9 Å². The summed E-state index contributed by atoms with van der Waals surface area (Å²) in [6.45, 7) is 3.64. The third kappa shape index (κ3) is 2.89. The molecule has 0 amide bonds. The number of nitrogens with two attached hydrogens (primary N) is 1. The Hall–Kier alpha value is -0.960. The minimum absolute atomic E-state index is 0.0132. The fraction of sp³-hybridized carbons (Fsp3) is 0.600. The fourth-order valence-corrected chi connectivity index (χ4v) is 2.58. The van der Waals surface area contributed by atoms with Gasteiger partial charge in [0.15, 0.2) is 0 Å². The van der Waals surface area contributed by atoms with Gasteiger partial charge in [-0.1, -0.05) is 32.0 Å². The van der Waals surface area contributed by atoms with E-state index in [2.05, 4.69) is 0 Å². The highest BCUT2D eigenvalue weighted by molar-refractivity contribution is 5.31. The Balaban J connectivity index is 2.16. The van der Waals surface area contributed by atoms with Crippen LogP contribution in [0.3, 0.4) is 0 Å². The van der Waals surface area contributed by atoms with Gasteiger partial charge in [-0.05, 0) is 36.3 Å². The number of halogens is 2. The van der Waals surface area contributed by atoms with Gasteiger partial charge in [0, 0.05) is 18.0 Å². The predicted octanol–water partition coefficient (Wildman–Crippen LogP) is 4.03. The van der Waals surface area contributed by atoms with Gasteiger partial charge in [-0.25, -0.2) is 8.78 Å². The molecule has 1 saturated carbocycles. The Morgan fingerprint density at radius 2 is 2.00 bits per heavy atom. The van der Waals surface area contributed by atoms with Gasteiger partial charge in [0.25, 0.3) is 5.92 Å². The predicted molar refractivity (Wildman–Crippen MR) is 69.7 cm³/mol. The fourth-order valence-electron chi connectivity index (χ4n) is 2.58. The number of rotatable bonds is 4. The molecule has 100 valence electrons. The van der Waals surface area contributed by atoms with E-state index in [9.17, 15) is 8.78 Å². The zero-order chi connectivity index (χ0) is 13.3. The Morgan fingerprint density at radius 3 is 2.56 bits per heavy atom. The lowest BCUT2D eigenvalue weighted by atomic mass is 9.76. The zero-order valence-corrected chi connectivity index (χ0v) is 11.0. The normalized spacial score (nSPS) is 24.1. The number of benzene rings is 1. The van der Waals surface area contributed by atoms with Gasteiger partial charge in [0.1, 0.15) is 0 Å². The zero-order valence-electron chi connectivity index (χ0n) is 11.0. The van der Waals surface area contributed by atoms with Gasteiger partial charge in [-0.2, -0.15) is 0 Å². The lowest BCUT2D eigenvalue weighted by Crippen LogP contribution is -2.34. The molecule has 0 atom stereocenters. The van der Waals surface area contributed by atoms with E-state index in [0.29, 0.717) is 5.92 Å². The Morgan fingerprint density at radius 1 is 1.33 bits per heavy atom. The first-order chi connectivity index (χ1) is 8.38. The standard InChI is InChI=1S/C15H21F2N/c1-10(2)9-15(16,17)13-5-3-4-11(6-13)12-7-14(18)8-12/h3-6,10,12,14H,7-9,18H2,1-2H3. The topological polar surface area (TPSA) is 26.0 Å². The van der Waals surface area contributed by atoms with Crippen molar-refractivity contribution in [2.45, 2.75) is 51.0 Å². The molecule has 1 aromatic carbocycles. The van der Waals surface area contributed by atoms with E-state index in [1.807, 2.05) is 19.9 Å². The van der Waals surface area contributed by atoms with Gasteiger partial charge in [0.05, 0.1) is 0 Å². The summed E-state index contributed by atoms with van der Waals surface area (Å²) in [5, 5.41) is 0. The van der Waals surface area contributed by atoms with Gasteiger partial charge >= 0.3 is 0 Å². The first kappa shape index (κ1) is 13.5. The third-order valence-electron chi connectivity index (χ3n) is 3.62. The van der Waals surface area contributed by atoms with Crippen molar-refractivity contribution in [2.24, 2.45) is 11.7 Å². The molecule has 18 heavy (non-hydrogen) atoms. The smallest absolute Gasteiger partial charge is 0.273 e. The van der Waals surface area contributed by atoms with Crippen LogP contribution in [0.4, 0.5) is 8.78 Å².